The molecular formula is C16H14Cl2FNO. The number of carbonyl (C=O) groups excluding carboxylic acids is 1. The minimum atomic E-state index is -0.797. The van der Waals surface area contributed by atoms with Crippen LogP contribution in [-0.4, -0.2) is 11.8 Å². The van der Waals surface area contributed by atoms with Crippen LogP contribution in [0, 0.1) is 5.82 Å². The molecule has 0 bridgehead atoms. The van der Waals surface area contributed by atoms with Crippen molar-refractivity contribution in [3.05, 3.63) is 70.5 Å². The van der Waals surface area contributed by atoms with E-state index < -0.39 is 17.3 Å². The lowest BCUT2D eigenvalue weighted by Crippen LogP contribution is -2.45. The van der Waals surface area contributed by atoms with Crippen molar-refractivity contribution in [2.75, 3.05) is 5.88 Å². The van der Waals surface area contributed by atoms with E-state index >= 15 is 0 Å². The molecule has 1 N–H and O–H groups in total. The number of benzene rings is 2. The Morgan fingerprint density at radius 1 is 1.19 bits per heavy atom. The minimum absolute atomic E-state index is 0.0880. The fourth-order valence-electron chi connectivity index (χ4n) is 1.99. The van der Waals surface area contributed by atoms with Gasteiger partial charge in [0, 0.05) is 5.88 Å². The van der Waals surface area contributed by atoms with Gasteiger partial charge in [-0.2, -0.15) is 0 Å². The van der Waals surface area contributed by atoms with Gasteiger partial charge < -0.3 is 5.32 Å². The smallest absolute Gasteiger partial charge is 0.255 e. The highest BCUT2D eigenvalue weighted by molar-refractivity contribution is 6.31. The van der Waals surface area contributed by atoms with Gasteiger partial charge in [0.15, 0.2) is 5.82 Å². The molecule has 0 spiro atoms. The van der Waals surface area contributed by atoms with E-state index in [-0.39, 0.29) is 16.5 Å². The molecule has 110 valence electrons. The Morgan fingerprint density at radius 2 is 1.86 bits per heavy atom. The first-order valence-corrected chi connectivity index (χ1v) is 7.27. The van der Waals surface area contributed by atoms with Gasteiger partial charge in [-0.15, -0.1) is 11.6 Å². The maximum Gasteiger partial charge on any atom is 0.255 e. The predicted octanol–water partition coefficient (Wildman–Crippen LogP) is 4.36. The lowest BCUT2D eigenvalue weighted by atomic mass is 9.93. The molecule has 0 aliphatic heterocycles. The standard InChI is InChI=1S/C16H14Cl2FNO/c1-16(10-17,11-6-3-2-4-7-11)20-15(21)12-8-5-9-13(18)14(12)19/h2-9H,10H2,1H3,(H,20,21). The highest BCUT2D eigenvalue weighted by Crippen LogP contribution is 2.24. The quantitative estimate of drug-likeness (QED) is 0.831. The molecule has 0 heterocycles. The molecule has 2 rings (SSSR count). The molecule has 2 nitrogen and oxygen atoms in total. The van der Waals surface area contributed by atoms with Crippen molar-refractivity contribution in [1.29, 1.82) is 0 Å². The molecule has 1 amide bonds. The van der Waals surface area contributed by atoms with Crippen molar-refractivity contribution in [1.82, 2.24) is 5.32 Å². The van der Waals surface area contributed by atoms with E-state index in [1.54, 1.807) is 6.92 Å². The number of hydrogen-bond acceptors (Lipinski definition) is 1. The third-order valence-corrected chi connectivity index (χ3v) is 4.09. The molecule has 0 fully saturated rings. The van der Waals surface area contributed by atoms with Crippen molar-refractivity contribution >= 4 is 29.1 Å². The van der Waals surface area contributed by atoms with Gasteiger partial charge in [0.25, 0.3) is 5.91 Å². The Kier molecular flexibility index (Phi) is 4.86. The number of alkyl halides is 1. The Labute approximate surface area is 132 Å². The highest BCUT2D eigenvalue weighted by atomic mass is 35.5. The predicted molar refractivity (Wildman–Crippen MR) is 83.4 cm³/mol. The molecule has 0 saturated heterocycles. The van der Waals surface area contributed by atoms with Crippen molar-refractivity contribution in [3.63, 3.8) is 0 Å². The number of amides is 1. The van der Waals surface area contributed by atoms with E-state index in [9.17, 15) is 9.18 Å². The summed E-state index contributed by atoms with van der Waals surface area (Å²) >= 11 is 11.7. The van der Waals surface area contributed by atoms with Crippen LogP contribution in [0.2, 0.25) is 5.02 Å². The maximum absolute atomic E-state index is 13.9. The first-order valence-electron chi connectivity index (χ1n) is 6.36. The second-order valence-electron chi connectivity index (χ2n) is 4.89. The van der Waals surface area contributed by atoms with Crippen molar-refractivity contribution in [3.8, 4) is 0 Å². The van der Waals surface area contributed by atoms with Crippen LogP contribution in [-0.2, 0) is 5.54 Å². The molecule has 0 aliphatic rings. The Balaban J connectivity index is 2.30. The summed E-state index contributed by atoms with van der Waals surface area (Å²) < 4.78 is 13.9. The average Bonchev–Trinajstić information content (AvgIpc) is 2.50. The molecule has 0 aliphatic carbocycles. The van der Waals surface area contributed by atoms with Crippen LogP contribution in [0.1, 0.15) is 22.8 Å². The second kappa shape index (κ2) is 6.46. The molecule has 21 heavy (non-hydrogen) atoms. The topological polar surface area (TPSA) is 29.1 Å². The molecule has 0 radical (unpaired) electrons. The zero-order valence-electron chi connectivity index (χ0n) is 11.4. The van der Waals surface area contributed by atoms with Crippen LogP contribution in [0.15, 0.2) is 48.5 Å². The van der Waals surface area contributed by atoms with Crippen molar-refractivity contribution in [2.45, 2.75) is 12.5 Å². The lowest BCUT2D eigenvalue weighted by Gasteiger charge is -2.29. The summed E-state index contributed by atoms with van der Waals surface area (Å²) in [7, 11) is 0. The molecule has 0 saturated carbocycles. The largest absolute Gasteiger partial charge is 0.341 e. The molecule has 0 aromatic heterocycles. The van der Waals surface area contributed by atoms with Crippen LogP contribution < -0.4 is 5.32 Å². The molecule has 1 atom stereocenters. The Hall–Kier alpha value is -1.58. The average molecular weight is 326 g/mol. The van der Waals surface area contributed by atoms with Crippen LogP contribution in [0.25, 0.3) is 0 Å². The summed E-state index contributed by atoms with van der Waals surface area (Å²) in [5, 5.41) is 2.69. The van der Waals surface area contributed by atoms with E-state index in [2.05, 4.69) is 5.32 Å². The zero-order valence-corrected chi connectivity index (χ0v) is 12.9. The molecule has 2 aromatic rings. The first-order chi connectivity index (χ1) is 9.98. The number of nitrogens with one attached hydrogen (secondary N) is 1. The number of carbonyl (C=O) groups is 1. The molecule has 5 heteroatoms. The monoisotopic (exact) mass is 325 g/mol. The number of halogens is 3. The van der Waals surface area contributed by atoms with E-state index in [0.717, 1.165) is 5.56 Å². The summed E-state index contributed by atoms with van der Waals surface area (Å²) in [5.41, 5.74) is -0.0557. The number of rotatable bonds is 4. The third kappa shape index (κ3) is 3.36. The normalized spacial score (nSPS) is 13.5. The van der Waals surface area contributed by atoms with Crippen LogP contribution in [0.4, 0.5) is 4.39 Å². The van der Waals surface area contributed by atoms with Gasteiger partial charge in [-0.05, 0) is 24.6 Å². The van der Waals surface area contributed by atoms with Gasteiger partial charge in [0.2, 0.25) is 0 Å². The van der Waals surface area contributed by atoms with Gasteiger partial charge in [-0.1, -0.05) is 48.0 Å². The molecular weight excluding hydrogens is 312 g/mol. The molecule has 2 aromatic carbocycles. The van der Waals surface area contributed by atoms with Gasteiger partial charge in [0.05, 0.1) is 16.1 Å². The first kappa shape index (κ1) is 15.8. The fourth-order valence-corrected chi connectivity index (χ4v) is 2.38. The second-order valence-corrected chi connectivity index (χ2v) is 5.56. The summed E-state index contributed by atoms with van der Waals surface area (Å²) in [6.45, 7) is 1.79. The van der Waals surface area contributed by atoms with Gasteiger partial charge in [0.1, 0.15) is 0 Å². The zero-order chi connectivity index (χ0) is 15.5. The van der Waals surface area contributed by atoms with E-state index in [1.165, 1.54) is 18.2 Å². The van der Waals surface area contributed by atoms with Crippen molar-refractivity contribution < 1.29 is 9.18 Å². The summed E-state index contributed by atoms with van der Waals surface area (Å²) in [5.74, 6) is -1.13. The summed E-state index contributed by atoms with van der Waals surface area (Å²) in [6, 6.07) is 13.6. The van der Waals surface area contributed by atoms with Crippen LogP contribution >= 0.6 is 23.2 Å². The Bertz CT molecular complexity index is 648. The van der Waals surface area contributed by atoms with E-state index in [0.29, 0.717) is 0 Å². The van der Waals surface area contributed by atoms with Crippen molar-refractivity contribution in [2.24, 2.45) is 0 Å². The SMILES string of the molecule is CC(CCl)(NC(=O)c1cccc(Cl)c1F)c1ccccc1. The number of hydrogen-bond donors (Lipinski definition) is 1. The van der Waals surface area contributed by atoms with E-state index in [1.807, 2.05) is 30.3 Å². The van der Waals surface area contributed by atoms with Crippen LogP contribution in [0.3, 0.4) is 0 Å². The minimum Gasteiger partial charge on any atom is -0.341 e. The van der Waals surface area contributed by atoms with Gasteiger partial charge in [-0.25, -0.2) is 4.39 Å². The third-order valence-electron chi connectivity index (χ3n) is 3.26. The van der Waals surface area contributed by atoms with Gasteiger partial charge >= 0.3 is 0 Å². The fraction of sp³-hybridized carbons (Fsp3) is 0.188. The Morgan fingerprint density at radius 3 is 2.48 bits per heavy atom. The summed E-state index contributed by atoms with van der Waals surface area (Å²) in [4.78, 5) is 12.3. The maximum atomic E-state index is 13.9. The van der Waals surface area contributed by atoms with Crippen LogP contribution in [0.5, 0.6) is 0 Å². The lowest BCUT2D eigenvalue weighted by molar-refractivity contribution is 0.0909. The highest BCUT2D eigenvalue weighted by Gasteiger charge is 2.29. The van der Waals surface area contributed by atoms with E-state index in [4.69, 9.17) is 23.2 Å². The molecule has 1 unspecified atom stereocenters. The summed E-state index contributed by atoms with van der Waals surface area (Å²) in [6.07, 6.45) is 0. The van der Waals surface area contributed by atoms with Gasteiger partial charge in [-0.3, -0.25) is 4.79 Å².